The van der Waals surface area contributed by atoms with Crippen LogP contribution < -0.4 is 11.1 Å². The molecule has 1 aliphatic carbocycles. The summed E-state index contributed by atoms with van der Waals surface area (Å²) in [6.45, 7) is 3.43. The lowest BCUT2D eigenvalue weighted by atomic mass is 9.85. The van der Waals surface area contributed by atoms with E-state index in [0.29, 0.717) is 5.92 Å². The van der Waals surface area contributed by atoms with E-state index < -0.39 is 0 Å². The van der Waals surface area contributed by atoms with Crippen molar-refractivity contribution in [3.05, 3.63) is 0 Å². The molecule has 0 aromatic heterocycles. The molecule has 0 aromatic carbocycles. The molecule has 2 atom stereocenters. The lowest BCUT2D eigenvalue weighted by Crippen LogP contribution is -2.44. The zero-order valence-electron chi connectivity index (χ0n) is 9.83. The molecule has 1 rings (SSSR count). The minimum Gasteiger partial charge on any atom is -0.338 e. The van der Waals surface area contributed by atoms with E-state index in [0.717, 1.165) is 25.9 Å². The van der Waals surface area contributed by atoms with Crippen molar-refractivity contribution in [2.24, 2.45) is 11.7 Å². The summed E-state index contributed by atoms with van der Waals surface area (Å²) >= 11 is 0. The van der Waals surface area contributed by atoms with Gasteiger partial charge in [0, 0.05) is 26.2 Å². The van der Waals surface area contributed by atoms with E-state index in [2.05, 4.69) is 5.32 Å². The van der Waals surface area contributed by atoms with Crippen LogP contribution in [0, 0.1) is 5.92 Å². The van der Waals surface area contributed by atoms with Gasteiger partial charge in [-0.15, -0.1) is 0 Å². The summed E-state index contributed by atoms with van der Waals surface area (Å²) in [4.78, 5) is 13.2. The Bertz CT molecular complexity index is 208. The summed E-state index contributed by atoms with van der Waals surface area (Å²) in [5.41, 5.74) is 6.01. The maximum absolute atomic E-state index is 11.5. The van der Waals surface area contributed by atoms with Crippen LogP contribution >= 0.6 is 0 Å². The summed E-state index contributed by atoms with van der Waals surface area (Å²) in [6.07, 6.45) is 4.74. The van der Waals surface area contributed by atoms with Crippen molar-refractivity contribution in [1.82, 2.24) is 10.2 Å². The largest absolute Gasteiger partial charge is 0.338 e. The molecule has 4 heteroatoms. The molecule has 0 aliphatic heterocycles. The minimum atomic E-state index is 0.00951. The maximum Gasteiger partial charge on any atom is 0.317 e. The van der Waals surface area contributed by atoms with Crippen molar-refractivity contribution in [3.63, 3.8) is 0 Å². The summed E-state index contributed by atoms with van der Waals surface area (Å²) in [6, 6.07) is 0.279. The quantitative estimate of drug-likeness (QED) is 0.739. The third-order valence-corrected chi connectivity index (χ3v) is 3.30. The van der Waals surface area contributed by atoms with Crippen LogP contribution in [-0.4, -0.2) is 37.1 Å². The van der Waals surface area contributed by atoms with Gasteiger partial charge in [0.15, 0.2) is 0 Å². The zero-order valence-corrected chi connectivity index (χ0v) is 9.83. The molecule has 4 nitrogen and oxygen atoms in total. The number of nitrogens with two attached hydrogens (primary N) is 1. The highest BCUT2D eigenvalue weighted by Gasteiger charge is 2.22. The van der Waals surface area contributed by atoms with Crippen LogP contribution in [0.2, 0.25) is 0 Å². The molecular weight excluding hydrogens is 190 g/mol. The monoisotopic (exact) mass is 213 g/mol. The summed E-state index contributed by atoms with van der Waals surface area (Å²) in [7, 11) is 1.80. The number of hydrogen-bond donors (Lipinski definition) is 2. The summed E-state index contributed by atoms with van der Waals surface area (Å²) in [5.74, 6) is 0.466. The van der Waals surface area contributed by atoms with Crippen molar-refractivity contribution in [3.8, 4) is 0 Å². The van der Waals surface area contributed by atoms with E-state index >= 15 is 0 Å². The third kappa shape index (κ3) is 3.70. The molecule has 1 aliphatic rings. The molecule has 1 saturated carbocycles. The lowest BCUT2D eigenvalue weighted by molar-refractivity contribution is 0.205. The van der Waals surface area contributed by atoms with Gasteiger partial charge in [-0.25, -0.2) is 4.79 Å². The second-order valence-electron chi connectivity index (χ2n) is 4.41. The third-order valence-electron chi connectivity index (χ3n) is 3.30. The molecule has 2 unspecified atom stereocenters. The van der Waals surface area contributed by atoms with E-state index in [1.165, 1.54) is 12.8 Å². The Kier molecular flexibility index (Phi) is 4.88. The van der Waals surface area contributed by atoms with Gasteiger partial charge in [-0.3, -0.25) is 0 Å². The van der Waals surface area contributed by atoms with Gasteiger partial charge in [0.1, 0.15) is 0 Å². The van der Waals surface area contributed by atoms with Crippen LogP contribution in [0.4, 0.5) is 4.79 Å². The van der Waals surface area contributed by atoms with Crippen LogP contribution in [0.15, 0.2) is 0 Å². The molecule has 2 amide bonds. The highest BCUT2D eigenvalue weighted by molar-refractivity contribution is 5.73. The number of hydrogen-bond acceptors (Lipinski definition) is 2. The molecule has 0 spiro atoms. The fourth-order valence-corrected chi connectivity index (χ4v) is 1.99. The predicted octanol–water partition coefficient (Wildman–Crippen LogP) is 1.17. The zero-order chi connectivity index (χ0) is 11.3. The second-order valence-corrected chi connectivity index (χ2v) is 4.41. The maximum atomic E-state index is 11.5. The fraction of sp³-hybridized carbons (Fsp3) is 0.909. The van der Waals surface area contributed by atoms with Gasteiger partial charge in [-0.1, -0.05) is 12.8 Å². The van der Waals surface area contributed by atoms with E-state index in [-0.39, 0.29) is 12.1 Å². The van der Waals surface area contributed by atoms with Gasteiger partial charge >= 0.3 is 6.03 Å². The molecule has 0 heterocycles. The average Bonchev–Trinajstić information content (AvgIpc) is 2.26. The first-order valence-electron chi connectivity index (χ1n) is 5.89. The van der Waals surface area contributed by atoms with E-state index in [1.54, 1.807) is 11.9 Å². The summed E-state index contributed by atoms with van der Waals surface area (Å²) in [5, 5.41) is 2.94. The van der Waals surface area contributed by atoms with Crippen molar-refractivity contribution in [2.75, 3.05) is 20.1 Å². The fourth-order valence-electron chi connectivity index (χ4n) is 1.99. The molecular formula is C11H23N3O. The Balaban J connectivity index is 2.26. The number of amides is 2. The van der Waals surface area contributed by atoms with Gasteiger partial charge < -0.3 is 16.0 Å². The molecule has 0 bridgehead atoms. The van der Waals surface area contributed by atoms with Gasteiger partial charge in [0.05, 0.1) is 0 Å². The number of urea groups is 1. The first-order valence-corrected chi connectivity index (χ1v) is 5.89. The Hall–Kier alpha value is -0.770. The molecule has 0 radical (unpaired) electrons. The standard InChI is InChI=1S/C11H23N3O/c1-3-14(2)11(15)13-8-9-6-4-5-7-10(9)12/h9-10H,3-8,12H2,1-2H3,(H,13,15). The number of rotatable bonds is 3. The first-order chi connectivity index (χ1) is 7.15. The smallest absolute Gasteiger partial charge is 0.317 e. The normalized spacial score (nSPS) is 26.1. The minimum absolute atomic E-state index is 0.00951. The van der Waals surface area contributed by atoms with Crippen molar-refractivity contribution in [1.29, 1.82) is 0 Å². The first kappa shape index (κ1) is 12.3. The molecule has 0 saturated heterocycles. The molecule has 1 fully saturated rings. The van der Waals surface area contributed by atoms with Crippen molar-refractivity contribution < 1.29 is 4.79 Å². The van der Waals surface area contributed by atoms with Gasteiger partial charge in [-0.05, 0) is 25.7 Å². The van der Waals surface area contributed by atoms with Crippen LogP contribution in [0.5, 0.6) is 0 Å². The van der Waals surface area contributed by atoms with Crippen molar-refractivity contribution in [2.45, 2.75) is 38.6 Å². The second kappa shape index (κ2) is 5.95. The Morgan fingerprint density at radius 2 is 2.13 bits per heavy atom. The number of nitrogens with zero attached hydrogens (tertiary/aromatic N) is 1. The van der Waals surface area contributed by atoms with Crippen molar-refractivity contribution >= 4 is 6.03 Å². The highest BCUT2D eigenvalue weighted by Crippen LogP contribution is 2.22. The van der Waals surface area contributed by atoms with Gasteiger partial charge in [0.25, 0.3) is 0 Å². The van der Waals surface area contributed by atoms with Gasteiger partial charge in [-0.2, -0.15) is 0 Å². The molecule has 15 heavy (non-hydrogen) atoms. The Morgan fingerprint density at radius 3 is 2.73 bits per heavy atom. The summed E-state index contributed by atoms with van der Waals surface area (Å²) < 4.78 is 0. The van der Waals surface area contributed by atoms with Gasteiger partial charge in [0.2, 0.25) is 0 Å². The van der Waals surface area contributed by atoms with Crippen LogP contribution in [0.3, 0.4) is 0 Å². The molecule has 88 valence electrons. The Labute approximate surface area is 92.2 Å². The Morgan fingerprint density at radius 1 is 1.47 bits per heavy atom. The van der Waals surface area contributed by atoms with E-state index in [9.17, 15) is 4.79 Å². The van der Waals surface area contributed by atoms with Crippen LogP contribution in [-0.2, 0) is 0 Å². The molecule has 3 N–H and O–H groups in total. The van der Waals surface area contributed by atoms with E-state index in [4.69, 9.17) is 5.73 Å². The topological polar surface area (TPSA) is 58.4 Å². The number of nitrogens with one attached hydrogen (secondary N) is 1. The van der Waals surface area contributed by atoms with Crippen LogP contribution in [0.1, 0.15) is 32.6 Å². The lowest BCUT2D eigenvalue weighted by Gasteiger charge is -2.29. The number of carbonyl (C=O) groups excluding carboxylic acids is 1. The average molecular weight is 213 g/mol. The van der Waals surface area contributed by atoms with Crippen LogP contribution in [0.25, 0.3) is 0 Å². The highest BCUT2D eigenvalue weighted by atomic mass is 16.2. The van der Waals surface area contributed by atoms with E-state index in [1.807, 2.05) is 6.92 Å². The molecule has 0 aromatic rings. The predicted molar refractivity (Wildman–Crippen MR) is 61.6 cm³/mol. The number of carbonyl (C=O) groups is 1. The SMILES string of the molecule is CCN(C)C(=O)NCC1CCCCC1N.